The van der Waals surface area contributed by atoms with Crippen molar-refractivity contribution in [1.82, 2.24) is 9.36 Å². The molecular formula is C11H12N6O7S2. The van der Waals surface area contributed by atoms with Gasteiger partial charge in [0.1, 0.15) is 0 Å². The normalized spacial score (nSPS) is 9.81. The van der Waals surface area contributed by atoms with Gasteiger partial charge in [0.25, 0.3) is 11.4 Å². The van der Waals surface area contributed by atoms with Crippen LogP contribution in [0.5, 0.6) is 5.75 Å². The van der Waals surface area contributed by atoms with Crippen molar-refractivity contribution in [3.05, 3.63) is 42.5 Å². The van der Waals surface area contributed by atoms with E-state index in [0.717, 1.165) is 10.3 Å². The molecule has 0 aliphatic carbocycles. The van der Waals surface area contributed by atoms with E-state index in [0.29, 0.717) is 12.1 Å². The highest BCUT2D eigenvalue weighted by Gasteiger charge is 2.30. The topological polar surface area (TPSA) is 179 Å². The van der Waals surface area contributed by atoms with E-state index < -0.39 is 37.6 Å². The van der Waals surface area contributed by atoms with E-state index >= 15 is 0 Å². The number of phenols is 1. The minimum Gasteiger partial charge on any atom is -0.497 e. The van der Waals surface area contributed by atoms with Crippen LogP contribution in [0, 0.1) is 30.3 Å². The Morgan fingerprint density at radius 1 is 1.08 bits per heavy atom. The average molecular weight is 404 g/mol. The SMILES string of the molecule is CSc1nsc(N(C)C)n1.O=[N+]([O-])c1cc([N+](=O)[O-])c(O)c([N+](=O)[O-])c1. The Hall–Kier alpha value is -3.07. The number of aromatic hydroxyl groups is 1. The number of nitrogens with zero attached hydrogens (tertiary/aromatic N) is 6. The Labute approximate surface area is 153 Å². The first kappa shape index (κ1) is 21.0. The van der Waals surface area contributed by atoms with Gasteiger partial charge >= 0.3 is 11.4 Å². The molecule has 0 radical (unpaired) electrons. The van der Waals surface area contributed by atoms with Gasteiger partial charge in [-0.3, -0.25) is 30.3 Å². The Balaban J connectivity index is 0.000000289. The zero-order valence-electron chi connectivity index (χ0n) is 13.6. The predicted octanol–water partition coefficient (Wildman–Crippen LogP) is 2.44. The first-order chi connectivity index (χ1) is 12.1. The maximum absolute atomic E-state index is 10.4. The van der Waals surface area contributed by atoms with Crippen LogP contribution in [-0.2, 0) is 0 Å². The largest absolute Gasteiger partial charge is 0.497 e. The number of anilines is 1. The summed E-state index contributed by atoms with van der Waals surface area (Å²) in [4.78, 5) is 33.9. The van der Waals surface area contributed by atoms with E-state index in [9.17, 15) is 30.3 Å². The molecule has 0 fully saturated rings. The summed E-state index contributed by atoms with van der Waals surface area (Å²) in [5.41, 5.74) is -3.00. The number of nitro benzene ring substituents is 3. The van der Waals surface area contributed by atoms with Crippen LogP contribution in [0.25, 0.3) is 0 Å². The van der Waals surface area contributed by atoms with Gasteiger partial charge in [0.2, 0.25) is 10.3 Å². The highest BCUT2D eigenvalue weighted by molar-refractivity contribution is 7.98. The van der Waals surface area contributed by atoms with Crippen LogP contribution >= 0.6 is 23.3 Å². The average Bonchev–Trinajstić information content (AvgIpc) is 3.04. The lowest BCUT2D eigenvalue weighted by molar-refractivity contribution is -0.404. The Morgan fingerprint density at radius 2 is 1.58 bits per heavy atom. The van der Waals surface area contributed by atoms with Crippen LogP contribution in [0.1, 0.15) is 0 Å². The third kappa shape index (κ3) is 5.21. The molecule has 0 saturated carbocycles. The van der Waals surface area contributed by atoms with Gasteiger partial charge in [-0.25, -0.2) is 0 Å². The van der Waals surface area contributed by atoms with Crippen LogP contribution in [-0.4, -0.2) is 49.6 Å². The van der Waals surface area contributed by atoms with Gasteiger partial charge in [-0.05, 0) is 6.26 Å². The van der Waals surface area contributed by atoms with Crippen molar-refractivity contribution in [3.8, 4) is 5.75 Å². The molecule has 26 heavy (non-hydrogen) atoms. The summed E-state index contributed by atoms with van der Waals surface area (Å²) in [5, 5.41) is 42.0. The summed E-state index contributed by atoms with van der Waals surface area (Å²) in [6.07, 6.45) is 1.97. The predicted molar refractivity (Wildman–Crippen MR) is 94.1 cm³/mol. The summed E-state index contributed by atoms with van der Waals surface area (Å²) >= 11 is 2.99. The molecule has 0 spiro atoms. The minimum atomic E-state index is -1.21. The fraction of sp³-hybridized carbons (Fsp3) is 0.273. The van der Waals surface area contributed by atoms with Crippen molar-refractivity contribution in [2.24, 2.45) is 0 Å². The Morgan fingerprint density at radius 3 is 1.85 bits per heavy atom. The van der Waals surface area contributed by atoms with Crippen molar-refractivity contribution in [1.29, 1.82) is 0 Å². The van der Waals surface area contributed by atoms with E-state index in [-0.39, 0.29) is 0 Å². The van der Waals surface area contributed by atoms with Crippen molar-refractivity contribution < 1.29 is 19.9 Å². The molecule has 0 bridgehead atoms. The van der Waals surface area contributed by atoms with Crippen LogP contribution in [0.2, 0.25) is 0 Å². The summed E-state index contributed by atoms with van der Waals surface area (Å²) in [5.74, 6) is -1.21. The molecule has 2 aromatic rings. The second kappa shape index (κ2) is 8.86. The third-order valence-corrected chi connectivity index (χ3v) is 4.17. The number of benzene rings is 1. The molecule has 1 heterocycles. The number of hydrogen-bond donors (Lipinski definition) is 1. The van der Waals surface area contributed by atoms with Gasteiger partial charge in [-0.15, -0.1) is 0 Å². The standard InChI is InChI=1S/C6H3N3O7.C5H9N3S2/c10-6-4(8(13)14)1-3(7(11)12)2-5(6)9(15)16;1-8(2)5-6-4(9-3)7-10-5/h1-2,10H;1-3H3. The smallest absolute Gasteiger partial charge is 0.324 e. The summed E-state index contributed by atoms with van der Waals surface area (Å²) in [6, 6.07) is 0.894. The maximum atomic E-state index is 10.4. The van der Waals surface area contributed by atoms with E-state index in [2.05, 4.69) is 9.36 Å². The van der Waals surface area contributed by atoms with Crippen molar-refractivity contribution in [2.75, 3.05) is 25.3 Å². The first-order valence-electron chi connectivity index (χ1n) is 6.43. The zero-order chi connectivity index (χ0) is 20.0. The molecule has 13 nitrogen and oxygen atoms in total. The number of thioether (sulfide) groups is 1. The molecule has 0 aliphatic rings. The third-order valence-electron chi connectivity index (χ3n) is 2.62. The van der Waals surface area contributed by atoms with Gasteiger partial charge < -0.3 is 10.0 Å². The Bertz CT molecular complexity index is 805. The summed E-state index contributed by atoms with van der Waals surface area (Å²) < 4.78 is 4.11. The molecule has 140 valence electrons. The lowest BCUT2D eigenvalue weighted by Crippen LogP contribution is -2.07. The maximum Gasteiger partial charge on any atom is 0.324 e. The molecule has 1 aromatic heterocycles. The van der Waals surface area contributed by atoms with Crippen LogP contribution in [0.4, 0.5) is 22.2 Å². The molecule has 0 saturated heterocycles. The lowest BCUT2D eigenvalue weighted by atomic mass is 10.2. The quantitative estimate of drug-likeness (QED) is 0.439. The highest BCUT2D eigenvalue weighted by Crippen LogP contribution is 2.38. The van der Waals surface area contributed by atoms with Crippen LogP contribution in [0.15, 0.2) is 17.3 Å². The van der Waals surface area contributed by atoms with Gasteiger partial charge in [0.05, 0.1) is 26.9 Å². The molecule has 0 unspecified atom stereocenters. The highest BCUT2D eigenvalue weighted by atomic mass is 32.2. The molecule has 0 amide bonds. The lowest BCUT2D eigenvalue weighted by Gasteiger charge is -2.03. The van der Waals surface area contributed by atoms with Crippen molar-refractivity contribution in [2.45, 2.75) is 5.16 Å². The molecule has 15 heteroatoms. The van der Waals surface area contributed by atoms with Gasteiger partial charge in [0, 0.05) is 25.6 Å². The van der Waals surface area contributed by atoms with Crippen molar-refractivity contribution >= 4 is 45.5 Å². The van der Waals surface area contributed by atoms with Crippen LogP contribution < -0.4 is 4.90 Å². The Kier molecular flexibility index (Phi) is 7.15. The zero-order valence-corrected chi connectivity index (χ0v) is 15.2. The number of phenolic OH excluding ortho intramolecular Hbond substituents is 1. The first-order valence-corrected chi connectivity index (χ1v) is 8.43. The fourth-order valence-electron chi connectivity index (χ4n) is 1.44. The van der Waals surface area contributed by atoms with Gasteiger partial charge in [0.15, 0.2) is 0 Å². The minimum absolute atomic E-state index is 0.447. The number of nitro groups is 3. The fourth-order valence-corrected chi connectivity index (χ4v) is 2.58. The molecule has 0 atom stereocenters. The number of aromatic nitrogens is 2. The van der Waals surface area contributed by atoms with E-state index in [4.69, 9.17) is 5.11 Å². The van der Waals surface area contributed by atoms with Gasteiger partial charge in [-0.1, -0.05) is 11.8 Å². The van der Waals surface area contributed by atoms with E-state index in [1.54, 1.807) is 11.8 Å². The second-order valence-electron chi connectivity index (χ2n) is 4.56. The molecule has 1 N–H and O–H groups in total. The number of hydrogen-bond acceptors (Lipinski definition) is 12. The van der Waals surface area contributed by atoms with Gasteiger partial charge in [-0.2, -0.15) is 9.36 Å². The van der Waals surface area contributed by atoms with E-state index in [1.807, 2.05) is 25.3 Å². The number of rotatable bonds is 5. The molecule has 1 aromatic carbocycles. The number of non-ortho nitro benzene ring substituents is 1. The molecule has 2 rings (SSSR count). The summed E-state index contributed by atoms with van der Waals surface area (Å²) in [7, 11) is 3.93. The monoisotopic (exact) mass is 404 g/mol. The molecular weight excluding hydrogens is 392 g/mol. The summed E-state index contributed by atoms with van der Waals surface area (Å²) in [6.45, 7) is 0. The second-order valence-corrected chi connectivity index (χ2v) is 6.07. The van der Waals surface area contributed by atoms with Crippen molar-refractivity contribution in [3.63, 3.8) is 0 Å². The van der Waals surface area contributed by atoms with E-state index in [1.165, 1.54) is 11.5 Å². The molecule has 0 aliphatic heterocycles. The van der Waals surface area contributed by atoms with Crippen LogP contribution in [0.3, 0.4) is 0 Å².